The molecule has 2 nitrogen and oxygen atoms in total. The van der Waals surface area contributed by atoms with Crippen molar-refractivity contribution in [1.82, 2.24) is 0 Å². The molecule has 0 aromatic rings. The van der Waals surface area contributed by atoms with Crippen LogP contribution in [0.5, 0.6) is 0 Å². The second-order valence-corrected chi connectivity index (χ2v) is 11.6. The molecule has 0 radical (unpaired) electrons. The van der Waals surface area contributed by atoms with Crippen molar-refractivity contribution in [1.29, 1.82) is 0 Å². The number of aliphatic hydroxyl groups is 2. The topological polar surface area (TPSA) is 40.5 Å². The Balaban J connectivity index is 1.72. The molecular weight excluding hydrogens is 380 g/mol. The number of aliphatic hydroxyl groups excluding tert-OH is 2. The van der Waals surface area contributed by atoms with Gasteiger partial charge in [-0.05, 0) is 85.2 Å². The minimum atomic E-state index is -0.613. The van der Waals surface area contributed by atoms with Gasteiger partial charge < -0.3 is 10.2 Å². The van der Waals surface area contributed by atoms with Gasteiger partial charge in [-0.1, -0.05) is 78.2 Å². The molecule has 2 N–H and O–H groups in total. The van der Waals surface area contributed by atoms with E-state index in [0.717, 1.165) is 35.3 Å². The van der Waals surface area contributed by atoms with Gasteiger partial charge in [0, 0.05) is 5.92 Å². The summed E-state index contributed by atoms with van der Waals surface area (Å²) in [6.45, 7) is 16.0. The van der Waals surface area contributed by atoms with E-state index in [2.05, 4.69) is 46.4 Å². The second kappa shape index (κ2) is 10.4. The number of fused-ring (bicyclic) bond motifs is 1. The summed E-state index contributed by atoms with van der Waals surface area (Å²) in [5, 5.41) is 21.1. The summed E-state index contributed by atoms with van der Waals surface area (Å²) in [5.74, 6) is 3.10. The lowest BCUT2D eigenvalue weighted by atomic mass is 9.60. The average molecular weight is 429 g/mol. The molecule has 0 saturated heterocycles. The molecule has 31 heavy (non-hydrogen) atoms. The fourth-order valence-electron chi connectivity index (χ4n) is 7.31. The molecule has 3 saturated carbocycles. The Labute approximate surface area is 191 Å². The van der Waals surface area contributed by atoms with Gasteiger partial charge in [-0.15, -0.1) is 0 Å². The van der Waals surface area contributed by atoms with Gasteiger partial charge in [0.2, 0.25) is 0 Å². The monoisotopic (exact) mass is 428 g/mol. The predicted molar refractivity (Wildman–Crippen MR) is 132 cm³/mol. The first kappa shape index (κ1) is 24.8. The molecule has 0 amide bonds. The Hall–Kier alpha value is -0.860. The first-order valence-electron chi connectivity index (χ1n) is 13.1. The van der Waals surface area contributed by atoms with Crippen molar-refractivity contribution < 1.29 is 10.2 Å². The highest BCUT2D eigenvalue weighted by atomic mass is 16.3. The quantitative estimate of drug-likeness (QED) is 0.449. The summed E-state index contributed by atoms with van der Waals surface area (Å²) < 4.78 is 0. The van der Waals surface area contributed by atoms with Crippen LogP contribution in [0.1, 0.15) is 98.8 Å². The summed E-state index contributed by atoms with van der Waals surface area (Å²) in [6.07, 6.45) is 15.5. The molecule has 0 heterocycles. The molecule has 3 aliphatic rings. The zero-order valence-electron chi connectivity index (χ0n) is 20.9. The van der Waals surface area contributed by atoms with Gasteiger partial charge in [-0.25, -0.2) is 0 Å². The molecule has 0 bridgehead atoms. The summed E-state index contributed by atoms with van der Waals surface area (Å²) in [5.41, 5.74) is 3.90. The van der Waals surface area contributed by atoms with Crippen LogP contribution in [-0.2, 0) is 0 Å². The molecule has 2 heteroatoms. The van der Waals surface area contributed by atoms with E-state index in [-0.39, 0.29) is 5.92 Å². The molecular formula is C29H48O2. The lowest BCUT2D eigenvalue weighted by molar-refractivity contribution is 0.0167. The fourth-order valence-corrected chi connectivity index (χ4v) is 7.31. The van der Waals surface area contributed by atoms with Crippen LogP contribution in [0.25, 0.3) is 0 Å². The second-order valence-electron chi connectivity index (χ2n) is 11.6. The van der Waals surface area contributed by atoms with Gasteiger partial charge in [-0.2, -0.15) is 0 Å². The standard InChI is InChI=1S/C29H48O2/c1-7-24-27(30)18-23(21(5)28(24)31)14-13-22-12-9-17-29(6)25(15-16-26(22)29)20(4)11-8-10-19(2)3/h13-14,19-20,24-28,30-31H,5,7-12,15-18H2,1-4,6H3/t20-,24-,25-,26+,27-,28-,29-/m1/s1. The highest BCUT2D eigenvalue weighted by Crippen LogP contribution is 2.60. The van der Waals surface area contributed by atoms with Crippen LogP contribution >= 0.6 is 0 Å². The zero-order valence-corrected chi connectivity index (χ0v) is 20.9. The smallest absolute Gasteiger partial charge is 0.0839 e. The molecule has 0 aromatic heterocycles. The van der Waals surface area contributed by atoms with Crippen LogP contribution < -0.4 is 0 Å². The SMILES string of the molecule is C=C1C(=CC=C2CCC[C@]3(C)[C@@H]([C@H](C)CCCC(C)C)CC[C@@H]23)C[C@@H](O)[C@@H](CC)[C@@H]1O. The maximum Gasteiger partial charge on any atom is 0.0839 e. The van der Waals surface area contributed by atoms with E-state index in [0.29, 0.717) is 17.8 Å². The maximum atomic E-state index is 10.6. The molecule has 3 aliphatic carbocycles. The van der Waals surface area contributed by atoms with E-state index in [4.69, 9.17) is 0 Å². The Morgan fingerprint density at radius 3 is 2.55 bits per heavy atom. The first-order valence-corrected chi connectivity index (χ1v) is 13.1. The average Bonchev–Trinajstić information content (AvgIpc) is 3.07. The molecule has 3 rings (SSSR count). The molecule has 0 unspecified atom stereocenters. The van der Waals surface area contributed by atoms with Crippen molar-refractivity contribution in [3.8, 4) is 0 Å². The Morgan fingerprint density at radius 2 is 1.87 bits per heavy atom. The third-order valence-electron chi connectivity index (χ3n) is 9.23. The van der Waals surface area contributed by atoms with Crippen LogP contribution in [0.3, 0.4) is 0 Å². The van der Waals surface area contributed by atoms with E-state index in [1.54, 1.807) is 5.57 Å². The largest absolute Gasteiger partial charge is 0.392 e. The summed E-state index contributed by atoms with van der Waals surface area (Å²) in [7, 11) is 0. The van der Waals surface area contributed by atoms with Gasteiger partial charge >= 0.3 is 0 Å². The molecule has 0 aliphatic heterocycles. The molecule has 0 aromatic carbocycles. The normalized spacial score (nSPS) is 40.0. The molecule has 0 spiro atoms. The molecule has 3 fully saturated rings. The zero-order chi connectivity index (χ0) is 22.8. The van der Waals surface area contributed by atoms with Gasteiger partial charge in [0.25, 0.3) is 0 Å². The predicted octanol–water partition coefficient (Wildman–Crippen LogP) is 7.23. The van der Waals surface area contributed by atoms with Gasteiger partial charge in [-0.3, -0.25) is 0 Å². The summed E-state index contributed by atoms with van der Waals surface area (Å²) in [4.78, 5) is 0. The van der Waals surface area contributed by atoms with Crippen LogP contribution in [0, 0.1) is 35.0 Å². The van der Waals surface area contributed by atoms with Crippen molar-refractivity contribution in [2.24, 2.45) is 35.0 Å². The van der Waals surface area contributed by atoms with Crippen LogP contribution in [0.4, 0.5) is 0 Å². The Morgan fingerprint density at radius 1 is 1.13 bits per heavy atom. The molecule has 7 atom stereocenters. The third-order valence-corrected chi connectivity index (χ3v) is 9.23. The number of hydrogen-bond acceptors (Lipinski definition) is 2. The van der Waals surface area contributed by atoms with Crippen molar-refractivity contribution in [3.63, 3.8) is 0 Å². The van der Waals surface area contributed by atoms with Gasteiger partial charge in [0.1, 0.15) is 0 Å². The molecule has 176 valence electrons. The number of allylic oxidation sites excluding steroid dienone is 3. The Bertz CT molecular complexity index is 687. The van der Waals surface area contributed by atoms with E-state index in [1.165, 1.54) is 51.4 Å². The van der Waals surface area contributed by atoms with E-state index in [9.17, 15) is 10.2 Å². The van der Waals surface area contributed by atoms with Crippen molar-refractivity contribution in [3.05, 3.63) is 35.5 Å². The summed E-state index contributed by atoms with van der Waals surface area (Å²) in [6, 6.07) is 0. The van der Waals surface area contributed by atoms with E-state index in [1.807, 2.05) is 6.92 Å². The summed E-state index contributed by atoms with van der Waals surface area (Å²) >= 11 is 0. The van der Waals surface area contributed by atoms with Gasteiger partial charge in [0.15, 0.2) is 0 Å². The lowest BCUT2D eigenvalue weighted by Gasteiger charge is -2.44. The lowest BCUT2D eigenvalue weighted by Crippen LogP contribution is -2.38. The van der Waals surface area contributed by atoms with Crippen molar-refractivity contribution in [2.75, 3.05) is 0 Å². The van der Waals surface area contributed by atoms with E-state index >= 15 is 0 Å². The van der Waals surface area contributed by atoms with Crippen LogP contribution in [-0.4, -0.2) is 22.4 Å². The van der Waals surface area contributed by atoms with Crippen molar-refractivity contribution in [2.45, 2.75) is 111 Å². The number of hydrogen-bond donors (Lipinski definition) is 2. The number of rotatable bonds is 7. The van der Waals surface area contributed by atoms with Crippen LogP contribution in [0.15, 0.2) is 35.5 Å². The highest BCUT2D eigenvalue weighted by Gasteiger charge is 2.50. The highest BCUT2D eigenvalue weighted by molar-refractivity contribution is 5.39. The van der Waals surface area contributed by atoms with Crippen molar-refractivity contribution >= 4 is 0 Å². The van der Waals surface area contributed by atoms with Gasteiger partial charge in [0.05, 0.1) is 12.2 Å². The Kier molecular flexibility index (Phi) is 8.30. The minimum absolute atomic E-state index is 0.0805. The fraction of sp³-hybridized carbons (Fsp3) is 0.793. The minimum Gasteiger partial charge on any atom is -0.392 e. The van der Waals surface area contributed by atoms with Crippen LogP contribution in [0.2, 0.25) is 0 Å². The van der Waals surface area contributed by atoms with E-state index < -0.39 is 12.2 Å². The first-order chi connectivity index (χ1) is 14.7. The third kappa shape index (κ3) is 5.22. The maximum absolute atomic E-state index is 10.6.